The summed E-state index contributed by atoms with van der Waals surface area (Å²) in [6.07, 6.45) is 13.4. The van der Waals surface area contributed by atoms with Gasteiger partial charge in [-0.3, -0.25) is 9.69 Å². The molecule has 0 bridgehead atoms. The average molecular weight is 505 g/mol. The van der Waals surface area contributed by atoms with Gasteiger partial charge in [0.1, 0.15) is 11.6 Å². The van der Waals surface area contributed by atoms with E-state index in [9.17, 15) is 13.6 Å². The normalized spacial score (nSPS) is 20.9. The zero-order valence-corrected chi connectivity index (χ0v) is 21.9. The Bertz CT molecular complexity index is 1140. The van der Waals surface area contributed by atoms with Gasteiger partial charge >= 0.3 is 0 Å². The molecule has 196 valence electrons. The number of allylic oxidation sites excluding steroid dienone is 1. The van der Waals surface area contributed by atoms with E-state index >= 15 is 0 Å². The highest BCUT2D eigenvalue weighted by atomic mass is 19.1. The van der Waals surface area contributed by atoms with Crippen molar-refractivity contribution in [2.24, 2.45) is 17.8 Å². The SMILES string of the molecule is C[C@@H](CCCC1CCC(CCN2CCc3cc(C#N)ccc3C2)CC1)C(=O)/C=C/c1ccc(F)cc1F. The minimum atomic E-state index is -0.649. The van der Waals surface area contributed by atoms with Crippen LogP contribution in [0.5, 0.6) is 0 Å². The Morgan fingerprint density at radius 2 is 1.84 bits per heavy atom. The third-order valence-corrected chi connectivity index (χ3v) is 8.37. The van der Waals surface area contributed by atoms with Crippen LogP contribution in [0.2, 0.25) is 0 Å². The van der Waals surface area contributed by atoms with E-state index in [2.05, 4.69) is 23.1 Å². The van der Waals surface area contributed by atoms with Crippen LogP contribution in [0.4, 0.5) is 8.78 Å². The van der Waals surface area contributed by atoms with Crippen molar-refractivity contribution in [3.8, 4) is 6.07 Å². The van der Waals surface area contributed by atoms with E-state index in [1.54, 1.807) is 0 Å². The molecule has 3 nitrogen and oxygen atoms in total. The Labute approximate surface area is 220 Å². The van der Waals surface area contributed by atoms with Gasteiger partial charge in [-0.25, -0.2) is 8.78 Å². The highest BCUT2D eigenvalue weighted by Gasteiger charge is 2.23. The van der Waals surface area contributed by atoms with E-state index in [0.717, 1.165) is 62.4 Å². The maximum absolute atomic E-state index is 13.7. The molecule has 0 radical (unpaired) electrons. The minimum Gasteiger partial charge on any atom is -0.299 e. The molecular weight excluding hydrogens is 466 g/mol. The summed E-state index contributed by atoms with van der Waals surface area (Å²) in [6.45, 7) is 5.18. The number of halogens is 2. The molecule has 2 aromatic carbocycles. The lowest BCUT2D eigenvalue weighted by atomic mass is 9.78. The van der Waals surface area contributed by atoms with Crippen LogP contribution in [0.1, 0.15) is 80.5 Å². The van der Waals surface area contributed by atoms with E-state index < -0.39 is 11.6 Å². The summed E-state index contributed by atoms with van der Waals surface area (Å²) in [5, 5.41) is 9.11. The lowest BCUT2D eigenvalue weighted by Gasteiger charge is -2.33. The number of carbonyl (C=O) groups is 1. The van der Waals surface area contributed by atoms with Gasteiger partial charge in [-0.2, -0.15) is 5.26 Å². The first-order valence-corrected chi connectivity index (χ1v) is 13.8. The van der Waals surface area contributed by atoms with Gasteiger partial charge in [0.15, 0.2) is 5.78 Å². The van der Waals surface area contributed by atoms with Crippen molar-refractivity contribution in [3.05, 3.63) is 76.4 Å². The van der Waals surface area contributed by atoms with E-state index in [-0.39, 0.29) is 17.3 Å². The predicted molar refractivity (Wildman–Crippen MR) is 144 cm³/mol. The first-order chi connectivity index (χ1) is 17.9. The summed E-state index contributed by atoms with van der Waals surface area (Å²) in [4.78, 5) is 15.0. The summed E-state index contributed by atoms with van der Waals surface area (Å²) >= 11 is 0. The fraction of sp³-hybridized carbons (Fsp3) is 0.500. The molecule has 0 amide bonds. The smallest absolute Gasteiger partial charge is 0.158 e. The van der Waals surface area contributed by atoms with Crippen molar-refractivity contribution in [3.63, 3.8) is 0 Å². The Kier molecular flexibility index (Phi) is 9.63. The number of hydrogen-bond acceptors (Lipinski definition) is 3. The van der Waals surface area contributed by atoms with Gasteiger partial charge in [0.05, 0.1) is 11.6 Å². The molecule has 4 rings (SSSR count). The van der Waals surface area contributed by atoms with Gasteiger partial charge in [-0.05, 0) is 85.2 Å². The van der Waals surface area contributed by atoms with Crippen molar-refractivity contribution in [1.82, 2.24) is 4.90 Å². The lowest BCUT2D eigenvalue weighted by Crippen LogP contribution is -2.32. The largest absolute Gasteiger partial charge is 0.299 e. The maximum Gasteiger partial charge on any atom is 0.158 e. The molecule has 1 saturated carbocycles. The zero-order valence-electron chi connectivity index (χ0n) is 21.9. The zero-order chi connectivity index (χ0) is 26.2. The molecule has 2 aliphatic rings. The van der Waals surface area contributed by atoms with Crippen LogP contribution < -0.4 is 0 Å². The van der Waals surface area contributed by atoms with Crippen molar-refractivity contribution < 1.29 is 13.6 Å². The Hall–Kier alpha value is -2.84. The second-order valence-corrected chi connectivity index (χ2v) is 11.0. The summed E-state index contributed by atoms with van der Waals surface area (Å²) in [5.41, 5.74) is 3.71. The first-order valence-electron chi connectivity index (χ1n) is 13.8. The molecule has 1 aliphatic carbocycles. The molecule has 0 saturated heterocycles. The van der Waals surface area contributed by atoms with Crippen molar-refractivity contribution in [2.75, 3.05) is 13.1 Å². The van der Waals surface area contributed by atoms with Gasteiger partial charge < -0.3 is 0 Å². The number of fused-ring (bicyclic) bond motifs is 1. The number of hydrogen-bond donors (Lipinski definition) is 0. The molecular formula is C32H38F2N2O. The molecule has 5 heteroatoms. The first kappa shape index (κ1) is 27.2. The van der Waals surface area contributed by atoms with Crippen LogP contribution in [0.3, 0.4) is 0 Å². The molecule has 37 heavy (non-hydrogen) atoms. The number of nitrogens with zero attached hydrogens (tertiary/aromatic N) is 2. The molecule has 1 heterocycles. The Morgan fingerprint density at radius 3 is 2.57 bits per heavy atom. The number of nitriles is 1. The molecule has 0 N–H and O–H groups in total. The second-order valence-electron chi connectivity index (χ2n) is 11.0. The third kappa shape index (κ3) is 7.82. The van der Waals surface area contributed by atoms with Gasteiger partial charge in [0.25, 0.3) is 0 Å². The highest BCUT2D eigenvalue weighted by Crippen LogP contribution is 2.34. The number of carbonyl (C=O) groups excluding carboxylic acids is 1. The lowest BCUT2D eigenvalue weighted by molar-refractivity contribution is -0.117. The minimum absolute atomic E-state index is 0.00160. The van der Waals surface area contributed by atoms with Crippen LogP contribution in [-0.4, -0.2) is 23.8 Å². The molecule has 0 spiro atoms. The maximum atomic E-state index is 13.7. The summed E-state index contributed by atoms with van der Waals surface area (Å²) in [6, 6.07) is 11.7. The van der Waals surface area contributed by atoms with Crippen molar-refractivity contribution >= 4 is 11.9 Å². The summed E-state index contributed by atoms with van der Waals surface area (Å²) in [5.74, 6) is 0.224. The van der Waals surface area contributed by atoms with Crippen LogP contribution in [0.25, 0.3) is 6.08 Å². The topological polar surface area (TPSA) is 44.1 Å². The predicted octanol–water partition coefficient (Wildman–Crippen LogP) is 7.48. The van der Waals surface area contributed by atoms with Crippen molar-refractivity contribution in [1.29, 1.82) is 5.26 Å². The fourth-order valence-electron chi connectivity index (χ4n) is 5.87. The molecule has 1 fully saturated rings. The quantitative estimate of drug-likeness (QED) is 0.315. The van der Waals surface area contributed by atoms with E-state index in [0.29, 0.717) is 0 Å². The monoisotopic (exact) mass is 504 g/mol. The van der Waals surface area contributed by atoms with Gasteiger partial charge in [0.2, 0.25) is 0 Å². The molecule has 0 unspecified atom stereocenters. The molecule has 0 aromatic heterocycles. The molecule has 2 aromatic rings. The van der Waals surface area contributed by atoms with Crippen molar-refractivity contribution in [2.45, 2.75) is 71.3 Å². The average Bonchev–Trinajstić information content (AvgIpc) is 2.91. The number of benzene rings is 2. The van der Waals surface area contributed by atoms with E-state index in [4.69, 9.17) is 5.26 Å². The van der Waals surface area contributed by atoms with Gasteiger partial charge in [-0.15, -0.1) is 0 Å². The Morgan fingerprint density at radius 1 is 1.08 bits per heavy atom. The fourth-order valence-corrected chi connectivity index (χ4v) is 5.87. The third-order valence-electron chi connectivity index (χ3n) is 8.37. The van der Waals surface area contributed by atoms with Crippen LogP contribution >= 0.6 is 0 Å². The summed E-state index contributed by atoms with van der Waals surface area (Å²) in [7, 11) is 0. The number of rotatable bonds is 10. The van der Waals surface area contributed by atoms with Crippen LogP contribution in [-0.2, 0) is 17.8 Å². The van der Waals surface area contributed by atoms with E-state index in [1.165, 1.54) is 73.9 Å². The highest BCUT2D eigenvalue weighted by molar-refractivity contribution is 5.95. The number of ketones is 1. The Balaban J connectivity index is 1.10. The standard InChI is InChI=1S/C32H38F2N2O/c1-23(32(37)14-12-27-11-13-30(33)20-31(27)34)3-2-4-24-5-7-25(8-6-24)15-17-36-18-16-28-19-26(21-35)9-10-29(28)22-36/h9-14,19-20,23-25H,2-8,15-18,22H2,1H3/b14-12+/t23-,24?,25?/m0/s1. The van der Waals surface area contributed by atoms with Crippen LogP contribution in [0, 0.1) is 40.7 Å². The summed E-state index contributed by atoms with van der Waals surface area (Å²) < 4.78 is 26.8. The van der Waals surface area contributed by atoms with E-state index in [1.807, 2.05) is 13.0 Å². The van der Waals surface area contributed by atoms with Gasteiger partial charge in [0, 0.05) is 30.6 Å². The second kappa shape index (κ2) is 13.1. The molecule has 1 atom stereocenters. The molecule has 1 aliphatic heterocycles. The van der Waals surface area contributed by atoms with Crippen LogP contribution in [0.15, 0.2) is 42.5 Å². The van der Waals surface area contributed by atoms with Gasteiger partial charge in [-0.1, -0.05) is 51.5 Å².